The lowest BCUT2D eigenvalue weighted by molar-refractivity contribution is -0.135. The van der Waals surface area contributed by atoms with Gasteiger partial charge in [-0.1, -0.05) is 11.6 Å². The number of amides is 2. The Kier molecular flexibility index (Phi) is 9.06. The van der Waals surface area contributed by atoms with Crippen LogP contribution in [0, 0.1) is 6.92 Å². The van der Waals surface area contributed by atoms with E-state index in [2.05, 4.69) is 4.90 Å². The van der Waals surface area contributed by atoms with Crippen LogP contribution in [0.4, 0.5) is 0 Å². The molecule has 1 fully saturated rings. The predicted octanol–water partition coefficient (Wildman–Crippen LogP) is 2.82. The minimum atomic E-state index is 0.158. The summed E-state index contributed by atoms with van der Waals surface area (Å²) in [5, 5.41) is 0.723. The Labute approximate surface area is 173 Å². The SMILES string of the molecule is CCN(CC)C(=O)CN1CCN(C(=O)CCCOc2ccc(Cl)c(C)c2)CC1. The quantitative estimate of drug-likeness (QED) is 0.588. The Morgan fingerprint density at radius 3 is 2.43 bits per heavy atom. The molecule has 28 heavy (non-hydrogen) atoms. The van der Waals surface area contributed by atoms with E-state index in [9.17, 15) is 9.59 Å². The van der Waals surface area contributed by atoms with Gasteiger partial charge in [-0.3, -0.25) is 14.5 Å². The fourth-order valence-corrected chi connectivity index (χ4v) is 3.42. The summed E-state index contributed by atoms with van der Waals surface area (Å²) in [5.74, 6) is 1.10. The fourth-order valence-electron chi connectivity index (χ4n) is 3.30. The Balaban J connectivity index is 1.65. The zero-order valence-electron chi connectivity index (χ0n) is 17.2. The summed E-state index contributed by atoms with van der Waals surface area (Å²) >= 11 is 6.01. The molecule has 1 aromatic carbocycles. The molecule has 7 heteroatoms. The van der Waals surface area contributed by atoms with Gasteiger partial charge in [-0.2, -0.15) is 0 Å². The number of hydrogen-bond donors (Lipinski definition) is 0. The number of rotatable bonds is 9. The molecule has 1 saturated heterocycles. The van der Waals surface area contributed by atoms with Crippen molar-refractivity contribution < 1.29 is 14.3 Å². The molecule has 1 aliphatic heterocycles. The van der Waals surface area contributed by atoms with Crippen molar-refractivity contribution in [3.05, 3.63) is 28.8 Å². The van der Waals surface area contributed by atoms with E-state index in [4.69, 9.17) is 16.3 Å². The van der Waals surface area contributed by atoms with Gasteiger partial charge < -0.3 is 14.5 Å². The predicted molar refractivity (Wildman–Crippen MR) is 112 cm³/mol. The molecule has 0 saturated carbocycles. The maximum atomic E-state index is 12.4. The van der Waals surface area contributed by atoms with Gasteiger partial charge in [0.25, 0.3) is 0 Å². The standard InChI is InChI=1S/C21H32ClN3O3/c1-4-24(5-2)21(27)16-23-10-12-25(13-11-23)20(26)7-6-14-28-18-8-9-19(22)17(3)15-18/h8-9,15H,4-7,10-14,16H2,1-3H3. The molecule has 2 amide bonds. The molecule has 0 N–H and O–H groups in total. The average Bonchev–Trinajstić information content (AvgIpc) is 2.69. The highest BCUT2D eigenvalue weighted by Gasteiger charge is 2.23. The van der Waals surface area contributed by atoms with Crippen LogP contribution in [0.5, 0.6) is 5.75 Å². The van der Waals surface area contributed by atoms with Crippen LogP contribution >= 0.6 is 11.6 Å². The summed E-state index contributed by atoms with van der Waals surface area (Å²) in [6.45, 7) is 11.2. The number of carbonyl (C=O) groups excluding carboxylic acids is 2. The Morgan fingerprint density at radius 2 is 1.82 bits per heavy atom. The summed E-state index contributed by atoms with van der Waals surface area (Å²) in [5.41, 5.74) is 0.979. The third-order valence-electron chi connectivity index (χ3n) is 5.13. The first kappa shape index (κ1) is 22.5. The third kappa shape index (κ3) is 6.67. The van der Waals surface area contributed by atoms with Crippen molar-refractivity contribution in [3.8, 4) is 5.75 Å². The lowest BCUT2D eigenvalue weighted by Crippen LogP contribution is -2.51. The highest BCUT2D eigenvalue weighted by atomic mass is 35.5. The van der Waals surface area contributed by atoms with E-state index in [0.29, 0.717) is 39.1 Å². The molecule has 0 bridgehead atoms. The van der Waals surface area contributed by atoms with Crippen LogP contribution in [-0.4, -0.2) is 78.9 Å². The zero-order chi connectivity index (χ0) is 20.5. The van der Waals surface area contributed by atoms with Crippen molar-refractivity contribution in [1.82, 2.24) is 14.7 Å². The monoisotopic (exact) mass is 409 g/mol. The van der Waals surface area contributed by atoms with Gasteiger partial charge in [0.1, 0.15) is 5.75 Å². The molecule has 1 heterocycles. The maximum Gasteiger partial charge on any atom is 0.236 e. The Bertz CT molecular complexity index is 656. The fraction of sp³-hybridized carbons (Fsp3) is 0.619. The minimum Gasteiger partial charge on any atom is -0.494 e. The molecule has 6 nitrogen and oxygen atoms in total. The van der Waals surface area contributed by atoms with Gasteiger partial charge >= 0.3 is 0 Å². The smallest absolute Gasteiger partial charge is 0.236 e. The van der Waals surface area contributed by atoms with E-state index in [1.54, 1.807) is 0 Å². The molecule has 1 aliphatic rings. The van der Waals surface area contributed by atoms with E-state index in [-0.39, 0.29) is 11.8 Å². The minimum absolute atomic E-state index is 0.158. The number of likely N-dealkylation sites (N-methyl/N-ethyl adjacent to an activating group) is 1. The van der Waals surface area contributed by atoms with Crippen molar-refractivity contribution in [2.24, 2.45) is 0 Å². The third-order valence-corrected chi connectivity index (χ3v) is 5.56. The van der Waals surface area contributed by atoms with Crippen LogP contribution in [0.1, 0.15) is 32.3 Å². The topological polar surface area (TPSA) is 53.1 Å². The zero-order valence-corrected chi connectivity index (χ0v) is 18.0. The van der Waals surface area contributed by atoms with Crippen molar-refractivity contribution in [2.45, 2.75) is 33.6 Å². The first-order valence-corrected chi connectivity index (χ1v) is 10.5. The summed E-state index contributed by atoms with van der Waals surface area (Å²) in [6.07, 6.45) is 1.16. The number of aryl methyl sites for hydroxylation is 1. The average molecular weight is 410 g/mol. The van der Waals surface area contributed by atoms with Gasteiger partial charge in [-0.15, -0.1) is 0 Å². The first-order valence-electron chi connectivity index (χ1n) is 10.1. The van der Waals surface area contributed by atoms with Gasteiger partial charge in [0.15, 0.2) is 0 Å². The molecule has 156 valence electrons. The van der Waals surface area contributed by atoms with Crippen LogP contribution in [0.25, 0.3) is 0 Å². The van der Waals surface area contributed by atoms with Gasteiger partial charge in [0.05, 0.1) is 13.2 Å². The maximum absolute atomic E-state index is 12.4. The summed E-state index contributed by atoms with van der Waals surface area (Å²) in [4.78, 5) is 30.5. The number of piperazine rings is 1. The number of ether oxygens (including phenoxy) is 1. The van der Waals surface area contributed by atoms with Crippen molar-refractivity contribution in [2.75, 3.05) is 52.4 Å². The molecule has 0 spiro atoms. The second-order valence-corrected chi connectivity index (χ2v) is 7.49. The highest BCUT2D eigenvalue weighted by molar-refractivity contribution is 6.31. The lowest BCUT2D eigenvalue weighted by Gasteiger charge is -2.35. The number of hydrogen-bond acceptors (Lipinski definition) is 4. The molecule has 0 atom stereocenters. The van der Waals surface area contributed by atoms with Gasteiger partial charge in [-0.25, -0.2) is 0 Å². The van der Waals surface area contributed by atoms with Gasteiger partial charge in [0.2, 0.25) is 11.8 Å². The van der Waals surface area contributed by atoms with E-state index < -0.39 is 0 Å². The lowest BCUT2D eigenvalue weighted by atomic mass is 10.2. The van der Waals surface area contributed by atoms with Gasteiger partial charge in [-0.05, 0) is 51.0 Å². The van der Waals surface area contributed by atoms with Crippen molar-refractivity contribution in [1.29, 1.82) is 0 Å². The van der Waals surface area contributed by atoms with E-state index >= 15 is 0 Å². The van der Waals surface area contributed by atoms with Crippen LogP contribution < -0.4 is 4.74 Å². The normalized spacial score (nSPS) is 14.8. The molecule has 0 aromatic heterocycles. The summed E-state index contributed by atoms with van der Waals surface area (Å²) < 4.78 is 5.70. The molecule has 0 radical (unpaired) electrons. The largest absolute Gasteiger partial charge is 0.494 e. The van der Waals surface area contributed by atoms with Crippen LogP contribution in [0.2, 0.25) is 5.02 Å². The molecule has 1 aromatic rings. The summed E-state index contributed by atoms with van der Waals surface area (Å²) in [7, 11) is 0. The van der Waals surface area contributed by atoms with Crippen LogP contribution in [-0.2, 0) is 9.59 Å². The number of carbonyl (C=O) groups is 2. The second-order valence-electron chi connectivity index (χ2n) is 7.09. The molecule has 0 aliphatic carbocycles. The van der Waals surface area contributed by atoms with E-state index in [1.807, 2.05) is 48.8 Å². The Hall–Kier alpha value is -1.79. The van der Waals surface area contributed by atoms with Crippen molar-refractivity contribution >= 4 is 23.4 Å². The number of nitrogens with zero attached hydrogens (tertiary/aromatic N) is 3. The summed E-state index contributed by atoms with van der Waals surface area (Å²) in [6, 6.07) is 5.57. The molecule has 0 unspecified atom stereocenters. The number of benzene rings is 1. The Morgan fingerprint density at radius 1 is 1.14 bits per heavy atom. The van der Waals surface area contributed by atoms with Gasteiger partial charge in [0, 0.05) is 50.7 Å². The molecule has 2 rings (SSSR count). The molecular formula is C21H32ClN3O3. The highest BCUT2D eigenvalue weighted by Crippen LogP contribution is 2.21. The number of halogens is 1. The molecular weight excluding hydrogens is 378 g/mol. The van der Waals surface area contributed by atoms with Crippen molar-refractivity contribution in [3.63, 3.8) is 0 Å². The van der Waals surface area contributed by atoms with E-state index in [1.165, 1.54) is 0 Å². The second kappa shape index (κ2) is 11.3. The van der Waals surface area contributed by atoms with Crippen LogP contribution in [0.3, 0.4) is 0 Å². The first-order chi connectivity index (χ1) is 13.4. The van der Waals surface area contributed by atoms with Crippen LogP contribution in [0.15, 0.2) is 18.2 Å². The van der Waals surface area contributed by atoms with E-state index in [0.717, 1.165) is 42.5 Å².